The Bertz CT molecular complexity index is 614. The number of ether oxygens (including phenoxy) is 1. The molecule has 0 spiro atoms. The number of carbonyl (C=O) groups is 1. The first-order chi connectivity index (χ1) is 9.60. The van der Waals surface area contributed by atoms with Gasteiger partial charge in [0.05, 0.1) is 24.6 Å². The van der Waals surface area contributed by atoms with Gasteiger partial charge in [-0.3, -0.25) is 4.79 Å². The lowest BCUT2D eigenvalue weighted by molar-refractivity contribution is 0.100. The molecular formula is C14H14BrN3O2. The van der Waals surface area contributed by atoms with Crippen LogP contribution < -0.4 is 15.8 Å². The van der Waals surface area contributed by atoms with Gasteiger partial charge in [-0.1, -0.05) is 12.1 Å². The monoisotopic (exact) mass is 335 g/mol. The van der Waals surface area contributed by atoms with Gasteiger partial charge in [-0.15, -0.1) is 0 Å². The average Bonchev–Trinajstić information content (AvgIpc) is 2.46. The quantitative estimate of drug-likeness (QED) is 0.823. The Hall–Kier alpha value is -2.08. The number of carbonyl (C=O) groups excluding carboxylic acids is 1. The van der Waals surface area contributed by atoms with E-state index in [2.05, 4.69) is 26.2 Å². The van der Waals surface area contributed by atoms with Crippen molar-refractivity contribution in [1.82, 2.24) is 4.98 Å². The first-order valence-corrected chi connectivity index (χ1v) is 6.71. The van der Waals surface area contributed by atoms with Crippen molar-refractivity contribution in [3.05, 3.63) is 52.3 Å². The van der Waals surface area contributed by atoms with Crippen LogP contribution in [0.2, 0.25) is 0 Å². The first kappa shape index (κ1) is 14.3. The summed E-state index contributed by atoms with van der Waals surface area (Å²) in [5.74, 6) is 0.308. The lowest BCUT2D eigenvalue weighted by atomic mass is 10.2. The molecule has 0 radical (unpaired) electrons. The second kappa shape index (κ2) is 6.38. The third kappa shape index (κ3) is 3.48. The van der Waals surface area contributed by atoms with Crippen LogP contribution in [0.4, 0.5) is 5.69 Å². The van der Waals surface area contributed by atoms with Gasteiger partial charge in [0.2, 0.25) is 0 Å². The number of amides is 1. The number of nitrogens with one attached hydrogen (secondary N) is 1. The number of nitrogens with two attached hydrogens (primary N) is 1. The second-order valence-electron chi connectivity index (χ2n) is 4.12. The van der Waals surface area contributed by atoms with Crippen molar-refractivity contribution in [1.29, 1.82) is 0 Å². The molecule has 1 amide bonds. The van der Waals surface area contributed by atoms with E-state index in [-0.39, 0.29) is 0 Å². The highest BCUT2D eigenvalue weighted by Crippen LogP contribution is 2.19. The highest BCUT2D eigenvalue weighted by molar-refractivity contribution is 9.10. The Labute approximate surface area is 125 Å². The summed E-state index contributed by atoms with van der Waals surface area (Å²) < 4.78 is 5.67. The molecule has 6 heteroatoms. The SMILES string of the molecule is COc1ccc(CNc2cnc(Br)cc2C(N)=O)cc1. The molecule has 0 aliphatic rings. The number of primary amides is 1. The summed E-state index contributed by atoms with van der Waals surface area (Å²) in [6.45, 7) is 0.563. The van der Waals surface area contributed by atoms with Crippen LogP contribution in [0.3, 0.4) is 0 Å². The molecule has 0 saturated carbocycles. The molecule has 1 heterocycles. The molecule has 2 aromatic rings. The Morgan fingerprint density at radius 3 is 2.70 bits per heavy atom. The Morgan fingerprint density at radius 1 is 1.40 bits per heavy atom. The zero-order valence-corrected chi connectivity index (χ0v) is 12.5. The van der Waals surface area contributed by atoms with Gasteiger partial charge in [-0.2, -0.15) is 0 Å². The maximum absolute atomic E-state index is 11.4. The van der Waals surface area contributed by atoms with Crippen LogP contribution in [-0.2, 0) is 6.54 Å². The third-order valence-corrected chi connectivity index (χ3v) is 3.21. The van der Waals surface area contributed by atoms with Crippen molar-refractivity contribution < 1.29 is 9.53 Å². The number of rotatable bonds is 5. The predicted molar refractivity (Wildman–Crippen MR) is 80.8 cm³/mol. The molecule has 20 heavy (non-hydrogen) atoms. The van der Waals surface area contributed by atoms with E-state index in [9.17, 15) is 4.79 Å². The van der Waals surface area contributed by atoms with Crippen LogP contribution in [0.25, 0.3) is 0 Å². The van der Waals surface area contributed by atoms with E-state index in [0.717, 1.165) is 11.3 Å². The standard InChI is InChI=1S/C14H14BrN3O2/c1-20-10-4-2-9(3-5-10)7-17-12-8-18-13(15)6-11(12)14(16)19/h2-6,8,17H,7H2,1H3,(H2,16,19). The van der Waals surface area contributed by atoms with Gasteiger partial charge in [-0.05, 0) is 39.7 Å². The molecular weight excluding hydrogens is 322 g/mol. The number of aromatic nitrogens is 1. The molecule has 104 valence electrons. The number of halogens is 1. The van der Waals surface area contributed by atoms with Crippen molar-refractivity contribution >= 4 is 27.5 Å². The lowest BCUT2D eigenvalue weighted by Gasteiger charge is -2.10. The number of nitrogens with zero attached hydrogens (tertiary/aromatic N) is 1. The van der Waals surface area contributed by atoms with E-state index in [1.807, 2.05) is 24.3 Å². The number of pyridine rings is 1. The van der Waals surface area contributed by atoms with Gasteiger partial charge in [0.1, 0.15) is 10.4 Å². The van der Waals surface area contributed by atoms with Crippen molar-refractivity contribution in [3.63, 3.8) is 0 Å². The summed E-state index contributed by atoms with van der Waals surface area (Å²) >= 11 is 3.22. The fourth-order valence-corrected chi connectivity index (χ4v) is 2.05. The maximum Gasteiger partial charge on any atom is 0.250 e. The van der Waals surface area contributed by atoms with E-state index >= 15 is 0 Å². The fraction of sp³-hybridized carbons (Fsp3) is 0.143. The summed E-state index contributed by atoms with van der Waals surface area (Å²) in [4.78, 5) is 15.5. The summed E-state index contributed by atoms with van der Waals surface area (Å²) in [5.41, 5.74) is 7.42. The zero-order chi connectivity index (χ0) is 14.5. The fourth-order valence-electron chi connectivity index (χ4n) is 1.72. The van der Waals surface area contributed by atoms with Crippen molar-refractivity contribution in [2.24, 2.45) is 5.73 Å². The molecule has 0 unspecified atom stereocenters. The largest absolute Gasteiger partial charge is 0.497 e. The number of hydrogen-bond donors (Lipinski definition) is 2. The molecule has 0 aliphatic carbocycles. The Morgan fingerprint density at radius 2 is 2.10 bits per heavy atom. The molecule has 2 rings (SSSR count). The van der Waals surface area contributed by atoms with E-state index in [0.29, 0.717) is 22.4 Å². The van der Waals surface area contributed by atoms with Crippen LogP contribution >= 0.6 is 15.9 Å². The number of anilines is 1. The smallest absolute Gasteiger partial charge is 0.250 e. The van der Waals surface area contributed by atoms with E-state index in [1.54, 1.807) is 19.4 Å². The van der Waals surface area contributed by atoms with Gasteiger partial charge in [0, 0.05) is 6.54 Å². The van der Waals surface area contributed by atoms with E-state index in [1.165, 1.54) is 0 Å². The van der Waals surface area contributed by atoms with Crippen LogP contribution in [0.5, 0.6) is 5.75 Å². The number of hydrogen-bond acceptors (Lipinski definition) is 4. The molecule has 0 saturated heterocycles. The topological polar surface area (TPSA) is 77.2 Å². The van der Waals surface area contributed by atoms with E-state index < -0.39 is 5.91 Å². The highest BCUT2D eigenvalue weighted by atomic mass is 79.9. The summed E-state index contributed by atoms with van der Waals surface area (Å²) in [6.07, 6.45) is 1.58. The van der Waals surface area contributed by atoms with Crippen LogP contribution in [0.15, 0.2) is 41.1 Å². The first-order valence-electron chi connectivity index (χ1n) is 5.92. The van der Waals surface area contributed by atoms with Crippen LogP contribution in [0, 0.1) is 0 Å². The van der Waals surface area contributed by atoms with Gasteiger partial charge in [0.25, 0.3) is 5.91 Å². The zero-order valence-electron chi connectivity index (χ0n) is 10.9. The lowest BCUT2D eigenvalue weighted by Crippen LogP contribution is -2.15. The predicted octanol–water partition coefficient (Wildman–Crippen LogP) is 2.56. The molecule has 1 aromatic carbocycles. The maximum atomic E-state index is 11.4. The highest BCUT2D eigenvalue weighted by Gasteiger charge is 2.09. The summed E-state index contributed by atoms with van der Waals surface area (Å²) in [5, 5.41) is 3.15. The van der Waals surface area contributed by atoms with Gasteiger partial charge in [0.15, 0.2) is 0 Å². The molecule has 0 fully saturated rings. The Kier molecular flexibility index (Phi) is 4.57. The minimum absolute atomic E-state index is 0.403. The third-order valence-electron chi connectivity index (χ3n) is 2.78. The minimum atomic E-state index is -0.495. The van der Waals surface area contributed by atoms with Crippen LogP contribution in [-0.4, -0.2) is 18.0 Å². The normalized spacial score (nSPS) is 10.1. The summed E-state index contributed by atoms with van der Waals surface area (Å²) in [7, 11) is 1.62. The Balaban J connectivity index is 2.12. The molecule has 1 aromatic heterocycles. The van der Waals surface area contributed by atoms with E-state index in [4.69, 9.17) is 10.5 Å². The molecule has 0 bridgehead atoms. The molecule has 3 N–H and O–H groups in total. The van der Waals surface area contributed by atoms with Crippen molar-refractivity contribution in [3.8, 4) is 5.75 Å². The number of benzene rings is 1. The molecule has 5 nitrogen and oxygen atoms in total. The van der Waals surface area contributed by atoms with Gasteiger partial charge < -0.3 is 15.8 Å². The molecule has 0 aliphatic heterocycles. The average molecular weight is 336 g/mol. The minimum Gasteiger partial charge on any atom is -0.497 e. The van der Waals surface area contributed by atoms with Crippen molar-refractivity contribution in [2.45, 2.75) is 6.54 Å². The summed E-state index contributed by atoms with van der Waals surface area (Å²) in [6, 6.07) is 9.25. The number of methoxy groups -OCH3 is 1. The van der Waals surface area contributed by atoms with Gasteiger partial charge in [-0.25, -0.2) is 4.98 Å². The van der Waals surface area contributed by atoms with Crippen LogP contribution in [0.1, 0.15) is 15.9 Å². The van der Waals surface area contributed by atoms with Gasteiger partial charge >= 0.3 is 0 Å². The second-order valence-corrected chi connectivity index (χ2v) is 4.93. The van der Waals surface area contributed by atoms with Crippen molar-refractivity contribution in [2.75, 3.05) is 12.4 Å². The molecule has 0 atom stereocenters.